The molecule has 1 fully saturated rings. The lowest BCUT2D eigenvalue weighted by atomic mass is 10.1. The Morgan fingerprint density at radius 3 is 2.33 bits per heavy atom. The van der Waals surface area contributed by atoms with Gasteiger partial charge in [0.1, 0.15) is 11.6 Å². The molecule has 0 aliphatic carbocycles. The maximum Gasteiger partial charge on any atom is 0.253 e. The van der Waals surface area contributed by atoms with Crippen LogP contribution in [0.5, 0.6) is 5.75 Å². The van der Waals surface area contributed by atoms with Gasteiger partial charge < -0.3 is 14.5 Å². The largest absolute Gasteiger partial charge is 0.497 e. The molecule has 1 saturated heterocycles. The summed E-state index contributed by atoms with van der Waals surface area (Å²) >= 11 is 0. The lowest BCUT2D eigenvalue weighted by molar-refractivity contribution is -0.130. The number of nitrogens with zero attached hydrogens (tertiary/aromatic N) is 2. The molecule has 0 radical (unpaired) electrons. The highest BCUT2D eigenvalue weighted by atomic mass is 19.1. The van der Waals surface area contributed by atoms with E-state index >= 15 is 0 Å². The van der Waals surface area contributed by atoms with E-state index in [0.29, 0.717) is 49.5 Å². The molecule has 0 saturated carbocycles. The van der Waals surface area contributed by atoms with Crippen molar-refractivity contribution in [3.05, 3.63) is 65.5 Å². The van der Waals surface area contributed by atoms with Gasteiger partial charge in [0.05, 0.1) is 13.5 Å². The predicted octanol–water partition coefficient (Wildman–Crippen LogP) is 2.75. The second-order valence-corrected chi connectivity index (χ2v) is 6.52. The highest BCUT2D eigenvalue weighted by Gasteiger charge is 2.23. The lowest BCUT2D eigenvalue weighted by Crippen LogP contribution is -2.38. The summed E-state index contributed by atoms with van der Waals surface area (Å²) in [5.74, 6) is 0.171. The highest BCUT2D eigenvalue weighted by molar-refractivity contribution is 5.94. The van der Waals surface area contributed by atoms with Crippen LogP contribution in [0, 0.1) is 5.82 Å². The van der Waals surface area contributed by atoms with Crippen LogP contribution in [0.25, 0.3) is 0 Å². The van der Waals surface area contributed by atoms with Gasteiger partial charge in [0.2, 0.25) is 5.91 Å². The molecule has 2 aromatic rings. The third-order valence-corrected chi connectivity index (χ3v) is 4.77. The van der Waals surface area contributed by atoms with Crippen molar-refractivity contribution in [3.63, 3.8) is 0 Å². The van der Waals surface area contributed by atoms with Gasteiger partial charge in [-0.1, -0.05) is 18.2 Å². The van der Waals surface area contributed by atoms with Gasteiger partial charge in [-0.05, 0) is 42.3 Å². The minimum absolute atomic E-state index is 0.0408. The number of benzene rings is 2. The number of ether oxygens (including phenoxy) is 1. The zero-order chi connectivity index (χ0) is 19.2. The van der Waals surface area contributed by atoms with Crippen molar-refractivity contribution in [2.75, 3.05) is 33.3 Å². The van der Waals surface area contributed by atoms with Crippen molar-refractivity contribution in [1.82, 2.24) is 9.80 Å². The third kappa shape index (κ3) is 4.64. The summed E-state index contributed by atoms with van der Waals surface area (Å²) in [6.45, 7) is 2.08. The van der Waals surface area contributed by atoms with Gasteiger partial charge in [-0.25, -0.2) is 4.39 Å². The number of halogens is 1. The molecule has 2 amide bonds. The fraction of sp³-hybridized carbons (Fsp3) is 0.333. The van der Waals surface area contributed by atoms with Gasteiger partial charge >= 0.3 is 0 Å². The molecule has 0 aromatic heterocycles. The van der Waals surface area contributed by atoms with E-state index in [1.165, 1.54) is 6.07 Å². The first-order valence-corrected chi connectivity index (χ1v) is 9.03. The number of hydrogen-bond donors (Lipinski definition) is 0. The second-order valence-electron chi connectivity index (χ2n) is 6.52. The van der Waals surface area contributed by atoms with E-state index in [0.717, 1.165) is 0 Å². The molecule has 0 atom stereocenters. The predicted molar refractivity (Wildman–Crippen MR) is 100 cm³/mol. The van der Waals surface area contributed by atoms with E-state index in [9.17, 15) is 14.0 Å². The van der Waals surface area contributed by atoms with Crippen LogP contribution >= 0.6 is 0 Å². The molecule has 1 aliphatic heterocycles. The van der Waals surface area contributed by atoms with Crippen molar-refractivity contribution in [2.45, 2.75) is 12.8 Å². The van der Waals surface area contributed by atoms with Crippen LogP contribution in [0.3, 0.4) is 0 Å². The monoisotopic (exact) mass is 370 g/mol. The van der Waals surface area contributed by atoms with Crippen LogP contribution in [-0.4, -0.2) is 54.9 Å². The van der Waals surface area contributed by atoms with E-state index in [1.807, 2.05) is 0 Å². The number of hydrogen-bond acceptors (Lipinski definition) is 3. The van der Waals surface area contributed by atoms with Crippen LogP contribution in [0.2, 0.25) is 0 Å². The first-order chi connectivity index (χ1) is 13.1. The summed E-state index contributed by atoms with van der Waals surface area (Å²) in [6, 6.07) is 13.3. The molecular weight excluding hydrogens is 347 g/mol. The fourth-order valence-corrected chi connectivity index (χ4v) is 3.20. The smallest absolute Gasteiger partial charge is 0.253 e. The normalized spacial score (nSPS) is 14.6. The Balaban J connectivity index is 1.60. The molecule has 2 aromatic carbocycles. The van der Waals surface area contributed by atoms with E-state index in [4.69, 9.17) is 4.74 Å². The molecule has 0 spiro atoms. The van der Waals surface area contributed by atoms with Gasteiger partial charge in [-0.15, -0.1) is 0 Å². The lowest BCUT2D eigenvalue weighted by Gasteiger charge is -2.22. The first kappa shape index (κ1) is 18.9. The van der Waals surface area contributed by atoms with Crippen LogP contribution in [0.4, 0.5) is 4.39 Å². The average Bonchev–Trinajstić information content (AvgIpc) is 2.95. The fourth-order valence-electron chi connectivity index (χ4n) is 3.20. The zero-order valence-electron chi connectivity index (χ0n) is 15.4. The zero-order valence-corrected chi connectivity index (χ0v) is 15.4. The molecule has 0 N–H and O–H groups in total. The van der Waals surface area contributed by atoms with Crippen LogP contribution in [-0.2, 0) is 11.2 Å². The average molecular weight is 370 g/mol. The maximum atomic E-state index is 13.8. The summed E-state index contributed by atoms with van der Waals surface area (Å²) in [4.78, 5) is 28.7. The van der Waals surface area contributed by atoms with Crippen LogP contribution in [0.1, 0.15) is 22.3 Å². The standard InChI is InChI=1S/C21H23FN2O3/c1-27-18-9-7-16(8-10-18)21(26)24-12-4-11-23(13-14-24)20(25)15-17-5-2-3-6-19(17)22/h2-3,5-10H,4,11-15H2,1H3. The second kappa shape index (κ2) is 8.66. The molecular formula is C21H23FN2O3. The number of carbonyl (C=O) groups is 2. The molecule has 5 nitrogen and oxygen atoms in total. The van der Waals surface area contributed by atoms with Crippen molar-refractivity contribution in [2.24, 2.45) is 0 Å². The molecule has 3 rings (SSSR count). The summed E-state index contributed by atoms with van der Waals surface area (Å²) in [7, 11) is 1.58. The summed E-state index contributed by atoms with van der Waals surface area (Å²) in [5, 5.41) is 0. The Hall–Kier alpha value is -2.89. The topological polar surface area (TPSA) is 49.9 Å². The minimum atomic E-state index is -0.364. The summed E-state index contributed by atoms with van der Waals surface area (Å²) < 4.78 is 18.9. The SMILES string of the molecule is COc1ccc(C(=O)N2CCCN(C(=O)Cc3ccccc3F)CC2)cc1. The molecule has 142 valence electrons. The maximum absolute atomic E-state index is 13.8. The molecule has 1 aliphatic rings. The van der Waals surface area contributed by atoms with Gasteiger partial charge in [0.25, 0.3) is 5.91 Å². The Labute approximate surface area is 158 Å². The van der Waals surface area contributed by atoms with Crippen molar-refractivity contribution in [1.29, 1.82) is 0 Å². The van der Waals surface area contributed by atoms with Crippen molar-refractivity contribution in [3.8, 4) is 5.75 Å². The van der Waals surface area contributed by atoms with E-state index in [-0.39, 0.29) is 24.1 Å². The van der Waals surface area contributed by atoms with E-state index in [2.05, 4.69) is 0 Å². The molecule has 27 heavy (non-hydrogen) atoms. The Morgan fingerprint density at radius 1 is 0.963 bits per heavy atom. The van der Waals surface area contributed by atoms with Gasteiger partial charge in [-0.3, -0.25) is 9.59 Å². The van der Waals surface area contributed by atoms with Crippen LogP contribution < -0.4 is 4.74 Å². The van der Waals surface area contributed by atoms with E-state index in [1.54, 1.807) is 59.4 Å². The number of amides is 2. The quantitative estimate of drug-likeness (QED) is 0.832. The minimum Gasteiger partial charge on any atom is -0.497 e. The van der Waals surface area contributed by atoms with Crippen LogP contribution in [0.15, 0.2) is 48.5 Å². The first-order valence-electron chi connectivity index (χ1n) is 9.03. The number of methoxy groups -OCH3 is 1. The van der Waals surface area contributed by atoms with Gasteiger partial charge in [0.15, 0.2) is 0 Å². The molecule has 0 unspecified atom stereocenters. The Bertz CT molecular complexity index is 807. The summed E-state index contributed by atoms with van der Waals surface area (Å²) in [6.07, 6.45) is 0.740. The third-order valence-electron chi connectivity index (χ3n) is 4.77. The Morgan fingerprint density at radius 2 is 1.63 bits per heavy atom. The summed E-state index contributed by atoms with van der Waals surface area (Å²) in [5.41, 5.74) is 1.000. The Kier molecular flexibility index (Phi) is 6.06. The molecule has 1 heterocycles. The number of rotatable bonds is 4. The van der Waals surface area contributed by atoms with E-state index < -0.39 is 0 Å². The molecule has 6 heteroatoms. The van der Waals surface area contributed by atoms with Crippen molar-refractivity contribution >= 4 is 11.8 Å². The highest BCUT2D eigenvalue weighted by Crippen LogP contribution is 2.15. The van der Waals surface area contributed by atoms with Gasteiger partial charge in [0, 0.05) is 31.7 Å². The van der Waals surface area contributed by atoms with Gasteiger partial charge in [-0.2, -0.15) is 0 Å². The van der Waals surface area contributed by atoms with Crippen molar-refractivity contribution < 1.29 is 18.7 Å². The molecule has 0 bridgehead atoms. The number of carbonyl (C=O) groups excluding carboxylic acids is 2.